The molecule has 164 valence electrons. The van der Waals surface area contributed by atoms with Crippen LogP contribution in [0.25, 0.3) is 22.0 Å². The molecule has 9 nitrogen and oxygen atoms in total. The number of rotatable bonds is 3. The number of pyridine rings is 1. The number of piperazine rings is 1. The van der Waals surface area contributed by atoms with Gasteiger partial charge in [0.25, 0.3) is 0 Å². The van der Waals surface area contributed by atoms with Crippen LogP contribution in [0.2, 0.25) is 5.02 Å². The van der Waals surface area contributed by atoms with E-state index in [1.165, 1.54) is 15.4 Å². The summed E-state index contributed by atoms with van der Waals surface area (Å²) in [5.41, 5.74) is 0.235. The maximum Gasteiger partial charge on any atom is 0.372 e. The second-order valence-electron chi connectivity index (χ2n) is 7.38. The van der Waals surface area contributed by atoms with E-state index < -0.39 is 15.9 Å². The number of sulfonamides is 1. The maximum atomic E-state index is 13.1. The second-order valence-corrected chi connectivity index (χ2v) is 9.75. The fraction of sp³-hybridized carbons (Fsp3) is 0.190. The average Bonchev–Trinajstić information content (AvgIpc) is 3.15. The molecule has 1 saturated heterocycles. The Kier molecular flexibility index (Phi) is 5.00. The topological polar surface area (TPSA) is 111 Å². The van der Waals surface area contributed by atoms with Gasteiger partial charge in [-0.2, -0.15) is 9.04 Å². The fourth-order valence-electron chi connectivity index (χ4n) is 3.76. The van der Waals surface area contributed by atoms with E-state index in [-0.39, 0.29) is 48.2 Å². The van der Waals surface area contributed by atoms with Crippen molar-refractivity contribution in [2.75, 3.05) is 26.2 Å². The van der Waals surface area contributed by atoms with E-state index in [0.717, 1.165) is 10.8 Å². The van der Waals surface area contributed by atoms with E-state index in [2.05, 4.69) is 4.98 Å². The molecule has 0 radical (unpaired) electrons. The molecule has 1 amide bonds. The highest BCUT2D eigenvalue weighted by molar-refractivity contribution is 7.89. The monoisotopic (exact) mass is 472 g/mol. The minimum atomic E-state index is -3.74. The highest BCUT2D eigenvalue weighted by Crippen LogP contribution is 2.25. The maximum absolute atomic E-state index is 13.1. The summed E-state index contributed by atoms with van der Waals surface area (Å²) < 4.78 is 33.3. The molecule has 0 N–H and O–H groups in total. The minimum Gasteiger partial charge on any atom is -0.708 e. The molecule has 32 heavy (non-hydrogen) atoms. The number of carbonyl (C=O) groups is 1. The molecule has 0 atom stereocenters. The van der Waals surface area contributed by atoms with Gasteiger partial charge in [0, 0.05) is 31.2 Å². The third kappa shape index (κ3) is 3.46. The number of hydrogen-bond donors (Lipinski definition) is 0. The van der Waals surface area contributed by atoms with Gasteiger partial charge >= 0.3 is 17.4 Å². The lowest BCUT2D eigenvalue weighted by Gasteiger charge is -2.33. The van der Waals surface area contributed by atoms with Gasteiger partial charge in [0.2, 0.25) is 15.6 Å². The van der Waals surface area contributed by atoms with Crippen LogP contribution in [0.3, 0.4) is 0 Å². The van der Waals surface area contributed by atoms with Crippen LogP contribution >= 0.6 is 11.6 Å². The van der Waals surface area contributed by atoms with Gasteiger partial charge in [-0.1, -0.05) is 23.7 Å². The van der Waals surface area contributed by atoms with Gasteiger partial charge in [-0.25, -0.2) is 8.42 Å². The SMILES string of the molecule is O=C(c1oc2cccnc2[n+]1[O-])N1CCN(S(=O)(=O)c2ccc3cc(Cl)ccc3c2)CC1. The number of nitrogens with zero attached hydrogens (tertiary/aromatic N) is 4. The van der Waals surface area contributed by atoms with Gasteiger partial charge < -0.3 is 14.5 Å². The lowest BCUT2D eigenvalue weighted by molar-refractivity contribution is -0.588. The van der Waals surface area contributed by atoms with E-state index in [0.29, 0.717) is 9.75 Å². The first kappa shape index (κ1) is 20.7. The highest BCUT2D eigenvalue weighted by Gasteiger charge is 2.34. The number of carbonyl (C=O) groups excluding carboxylic acids is 1. The Labute approximate surface area is 188 Å². The summed E-state index contributed by atoms with van der Waals surface area (Å²) in [5, 5.41) is 14.5. The largest absolute Gasteiger partial charge is 0.708 e. The van der Waals surface area contributed by atoms with E-state index in [1.54, 1.807) is 48.5 Å². The van der Waals surface area contributed by atoms with E-state index >= 15 is 0 Å². The van der Waals surface area contributed by atoms with Crippen LogP contribution < -0.4 is 4.73 Å². The van der Waals surface area contributed by atoms with Gasteiger partial charge in [0.05, 0.1) is 4.90 Å². The van der Waals surface area contributed by atoms with Crippen LogP contribution in [0.4, 0.5) is 0 Å². The molecule has 0 unspecified atom stereocenters. The molecule has 4 aromatic rings. The highest BCUT2D eigenvalue weighted by atomic mass is 35.5. The molecule has 0 saturated carbocycles. The van der Waals surface area contributed by atoms with Crippen molar-refractivity contribution in [3.8, 4) is 0 Å². The van der Waals surface area contributed by atoms with Crippen molar-refractivity contribution < 1.29 is 22.4 Å². The summed E-state index contributed by atoms with van der Waals surface area (Å²) in [4.78, 5) is 18.3. The molecular weight excluding hydrogens is 456 g/mol. The van der Waals surface area contributed by atoms with Crippen molar-refractivity contribution in [1.82, 2.24) is 14.2 Å². The van der Waals surface area contributed by atoms with Crippen LogP contribution in [-0.2, 0) is 10.0 Å². The number of halogens is 1. The minimum absolute atomic E-state index is 0.0228. The lowest BCUT2D eigenvalue weighted by Crippen LogP contribution is -2.52. The van der Waals surface area contributed by atoms with E-state index in [1.807, 2.05) is 0 Å². The van der Waals surface area contributed by atoms with Crippen molar-refractivity contribution in [2.45, 2.75) is 4.90 Å². The molecule has 2 aromatic heterocycles. The molecular formula is C21H17ClN4O5S. The Morgan fingerprint density at radius 2 is 1.78 bits per heavy atom. The molecule has 3 heterocycles. The van der Waals surface area contributed by atoms with Crippen molar-refractivity contribution in [3.05, 3.63) is 70.8 Å². The molecule has 1 aliphatic rings. The Bertz CT molecular complexity index is 1460. The molecule has 2 aromatic carbocycles. The van der Waals surface area contributed by atoms with Crippen molar-refractivity contribution >= 4 is 49.5 Å². The summed E-state index contributed by atoms with van der Waals surface area (Å²) in [6.45, 7) is 0.464. The van der Waals surface area contributed by atoms with Crippen LogP contribution in [0.1, 0.15) is 10.7 Å². The van der Waals surface area contributed by atoms with Crippen LogP contribution in [0.5, 0.6) is 0 Å². The second kappa shape index (κ2) is 7.73. The molecule has 0 aliphatic carbocycles. The van der Waals surface area contributed by atoms with E-state index in [4.69, 9.17) is 16.0 Å². The van der Waals surface area contributed by atoms with Crippen LogP contribution in [0, 0.1) is 5.21 Å². The predicted molar refractivity (Wildman–Crippen MR) is 117 cm³/mol. The smallest absolute Gasteiger partial charge is 0.372 e. The number of benzene rings is 2. The summed E-state index contributed by atoms with van der Waals surface area (Å²) in [6, 6.07) is 13.3. The van der Waals surface area contributed by atoms with Crippen LogP contribution in [-0.4, -0.2) is 54.7 Å². The molecule has 0 spiro atoms. The Balaban J connectivity index is 1.34. The van der Waals surface area contributed by atoms with Crippen molar-refractivity contribution in [2.24, 2.45) is 0 Å². The zero-order valence-corrected chi connectivity index (χ0v) is 18.2. The number of aromatic nitrogens is 2. The van der Waals surface area contributed by atoms with Gasteiger partial charge in [-0.05, 0) is 52.2 Å². The molecule has 0 bridgehead atoms. The zero-order valence-electron chi connectivity index (χ0n) is 16.6. The first-order chi connectivity index (χ1) is 15.3. The third-order valence-electron chi connectivity index (χ3n) is 5.45. The molecule has 1 aliphatic heterocycles. The van der Waals surface area contributed by atoms with Crippen molar-refractivity contribution in [1.29, 1.82) is 0 Å². The Morgan fingerprint density at radius 1 is 1.06 bits per heavy atom. The lowest BCUT2D eigenvalue weighted by atomic mass is 10.1. The summed E-state index contributed by atoms with van der Waals surface area (Å²) in [5.74, 6) is -0.985. The Hall–Kier alpha value is -3.21. The Morgan fingerprint density at radius 3 is 2.53 bits per heavy atom. The number of oxazole rings is 1. The third-order valence-corrected chi connectivity index (χ3v) is 7.58. The quantitative estimate of drug-likeness (QED) is 0.334. The zero-order chi connectivity index (χ0) is 22.5. The standard InChI is InChI=1S/C21H17ClN4O5S/c22-16-5-3-15-13-17(6-4-14(15)12-16)32(29,30)25-10-8-24(9-11-25)20(27)21-26(28)19-18(31-21)2-1-7-23-19/h1-7,12-13H,8-11H2. The molecule has 1 fully saturated rings. The van der Waals surface area contributed by atoms with Gasteiger partial charge in [0.15, 0.2) is 0 Å². The van der Waals surface area contributed by atoms with Gasteiger partial charge in [-0.3, -0.25) is 4.79 Å². The number of hydrogen-bond acceptors (Lipinski definition) is 6. The number of amides is 1. The normalized spacial score (nSPS) is 15.5. The summed E-state index contributed by atoms with van der Waals surface area (Å²) in [7, 11) is -3.74. The van der Waals surface area contributed by atoms with Gasteiger partial charge in [0.1, 0.15) is 6.20 Å². The summed E-state index contributed by atoms with van der Waals surface area (Å²) in [6.07, 6.45) is 1.44. The van der Waals surface area contributed by atoms with Crippen LogP contribution in [0.15, 0.2) is 64.0 Å². The van der Waals surface area contributed by atoms with Crippen molar-refractivity contribution in [3.63, 3.8) is 0 Å². The predicted octanol–water partition coefficient (Wildman–Crippen LogP) is 2.41. The fourth-order valence-corrected chi connectivity index (χ4v) is 5.40. The summed E-state index contributed by atoms with van der Waals surface area (Å²) >= 11 is 6.00. The molecule has 11 heteroatoms. The average molecular weight is 473 g/mol. The van der Waals surface area contributed by atoms with Gasteiger partial charge in [-0.15, -0.1) is 0 Å². The number of fused-ring (bicyclic) bond motifs is 2. The first-order valence-electron chi connectivity index (χ1n) is 9.80. The first-order valence-corrected chi connectivity index (χ1v) is 11.6. The molecule has 5 rings (SSSR count). The van der Waals surface area contributed by atoms with E-state index in [9.17, 15) is 18.4 Å².